The molecule has 0 aliphatic rings. The molecule has 3 N–H and O–H groups in total. The number of carbonyl (C=O) groups is 1. The molecule has 6 heteroatoms. The predicted octanol–water partition coefficient (Wildman–Crippen LogP) is 1.42. The third-order valence-corrected chi connectivity index (χ3v) is 2.95. The Morgan fingerprint density at radius 3 is 2.60 bits per heavy atom. The van der Waals surface area contributed by atoms with Gasteiger partial charge in [-0.1, -0.05) is 0 Å². The highest BCUT2D eigenvalue weighted by atomic mass is 16.2. The van der Waals surface area contributed by atoms with Crippen molar-refractivity contribution < 1.29 is 4.79 Å². The first-order valence-electron chi connectivity index (χ1n) is 6.35. The molecule has 0 radical (unpaired) electrons. The van der Waals surface area contributed by atoms with E-state index in [4.69, 9.17) is 5.84 Å². The second-order valence-electron chi connectivity index (χ2n) is 4.25. The molecule has 0 aliphatic carbocycles. The van der Waals surface area contributed by atoms with Crippen LogP contribution in [0.25, 0.3) is 0 Å². The van der Waals surface area contributed by atoms with Gasteiger partial charge in [0.25, 0.3) is 5.91 Å². The maximum Gasteiger partial charge on any atom is 0.255 e. The van der Waals surface area contributed by atoms with E-state index >= 15 is 0 Å². The molecular weight excluding hydrogens is 254 g/mol. The van der Waals surface area contributed by atoms with Crippen molar-refractivity contribution in [2.24, 2.45) is 5.84 Å². The SMILES string of the molecule is CCN(Cc1ccncc1)C(=O)c1ccc(NN)nc1. The summed E-state index contributed by atoms with van der Waals surface area (Å²) in [5.74, 6) is 5.72. The molecule has 6 nitrogen and oxygen atoms in total. The Labute approximate surface area is 117 Å². The molecule has 2 aromatic heterocycles. The second-order valence-corrected chi connectivity index (χ2v) is 4.25. The van der Waals surface area contributed by atoms with Crippen LogP contribution in [0.15, 0.2) is 42.9 Å². The quantitative estimate of drug-likeness (QED) is 0.634. The van der Waals surface area contributed by atoms with Gasteiger partial charge in [0.1, 0.15) is 5.82 Å². The fraction of sp³-hybridized carbons (Fsp3) is 0.214. The lowest BCUT2D eigenvalue weighted by Gasteiger charge is -2.21. The zero-order chi connectivity index (χ0) is 14.4. The van der Waals surface area contributed by atoms with Crippen molar-refractivity contribution in [1.82, 2.24) is 14.9 Å². The average molecular weight is 271 g/mol. The van der Waals surface area contributed by atoms with Crippen molar-refractivity contribution in [2.75, 3.05) is 12.0 Å². The highest BCUT2D eigenvalue weighted by Crippen LogP contribution is 2.10. The topological polar surface area (TPSA) is 84.1 Å². The summed E-state index contributed by atoms with van der Waals surface area (Å²) in [6.45, 7) is 3.12. The van der Waals surface area contributed by atoms with Gasteiger partial charge in [-0.2, -0.15) is 0 Å². The van der Waals surface area contributed by atoms with Crippen molar-refractivity contribution in [3.63, 3.8) is 0 Å². The number of hydrogen-bond acceptors (Lipinski definition) is 5. The first-order chi connectivity index (χ1) is 9.74. The third kappa shape index (κ3) is 3.30. The number of carbonyl (C=O) groups excluding carboxylic acids is 1. The first kappa shape index (κ1) is 14.0. The van der Waals surface area contributed by atoms with Crippen LogP contribution in [0, 0.1) is 0 Å². The first-order valence-corrected chi connectivity index (χ1v) is 6.35. The summed E-state index contributed by atoms with van der Waals surface area (Å²) in [7, 11) is 0. The Kier molecular flexibility index (Phi) is 4.62. The molecule has 0 atom stereocenters. The minimum Gasteiger partial charge on any atom is -0.335 e. The monoisotopic (exact) mass is 271 g/mol. The van der Waals surface area contributed by atoms with Crippen LogP contribution < -0.4 is 11.3 Å². The van der Waals surface area contributed by atoms with E-state index in [0.717, 1.165) is 5.56 Å². The lowest BCUT2D eigenvalue weighted by Crippen LogP contribution is -2.30. The summed E-state index contributed by atoms with van der Waals surface area (Å²) in [5, 5.41) is 0. The summed E-state index contributed by atoms with van der Waals surface area (Å²) in [4.78, 5) is 22.2. The van der Waals surface area contributed by atoms with Crippen molar-refractivity contribution in [2.45, 2.75) is 13.5 Å². The predicted molar refractivity (Wildman–Crippen MR) is 76.7 cm³/mol. The Morgan fingerprint density at radius 2 is 2.05 bits per heavy atom. The van der Waals surface area contributed by atoms with Gasteiger partial charge in [0.15, 0.2) is 0 Å². The van der Waals surface area contributed by atoms with Crippen molar-refractivity contribution >= 4 is 11.7 Å². The molecule has 2 rings (SSSR count). The van der Waals surface area contributed by atoms with Gasteiger partial charge in [-0.25, -0.2) is 10.8 Å². The van der Waals surface area contributed by atoms with Gasteiger partial charge in [0.2, 0.25) is 0 Å². The Bertz CT molecular complexity index is 556. The van der Waals surface area contributed by atoms with E-state index in [1.54, 1.807) is 29.4 Å². The molecule has 0 fully saturated rings. The van der Waals surface area contributed by atoms with Crippen LogP contribution in [0.3, 0.4) is 0 Å². The zero-order valence-corrected chi connectivity index (χ0v) is 11.3. The number of nitrogens with one attached hydrogen (secondary N) is 1. The number of hydrogen-bond donors (Lipinski definition) is 2. The molecule has 0 spiro atoms. The van der Waals surface area contributed by atoms with Gasteiger partial charge in [-0.3, -0.25) is 9.78 Å². The number of amides is 1. The molecule has 0 saturated carbocycles. The number of hydrazine groups is 1. The highest BCUT2D eigenvalue weighted by Gasteiger charge is 2.14. The van der Waals surface area contributed by atoms with Gasteiger partial charge in [0, 0.05) is 31.7 Å². The number of aromatic nitrogens is 2. The average Bonchev–Trinajstić information content (AvgIpc) is 2.53. The van der Waals surface area contributed by atoms with Gasteiger partial charge < -0.3 is 10.3 Å². The normalized spacial score (nSPS) is 10.1. The lowest BCUT2D eigenvalue weighted by atomic mass is 10.2. The summed E-state index contributed by atoms with van der Waals surface area (Å²) in [5.41, 5.74) is 4.02. The second kappa shape index (κ2) is 6.63. The number of nitrogens with zero attached hydrogens (tertiary/aromatic N) is 3. The van der Waals surface area contributed by atoms with E-state index in [0.29, 0.717) is 24.5 Å². The smallest absolute Gasteiger partial charge is 0.255 e. The Morgan fingerprint density at radius 1 is 1.30 bits per heavy atom. The summed E-state index contributed by atoms with van der Waals surface area (Å²) >= 11 is 0. The molecule has 0 saturated heterocycles. The minimum absolute atomic E-state index is 0.0552. The summed E-state index contributed by atoms with van der Waals surface area (Å²) < 4.78 is 0. The van der Waals surface area contributed by atoms with Crippen LogP contribution in [-0.4, -0.2) is 27.3 Å². The van der Waals surface area contributed by atoms with Gasteiger partial charge >= 0.3 is 0 Å². The van der Waals surface area contributed by atoms with Gasteiger partial charge in [0.05, 0.1) is 5.56 Å². The van der Waals surface area contributed by atoms with Crippen LogP contribution in [-0.2, 0) is 6.54 Å². The summed E-state index contributed by atoms with van der Waals surface area (Å²) in [6.07, 6.45) is 4.96. The zero-order valence-electron chi connectivity index (χ0n) is 11.3. The number of pyridine rings is 2. The molecule has 2 heterocycles. The maximum atomic E-state index is 12.4. The van der Waals surface area contributed by atoms with E-state index in [9.17, 15) is 4.79 Å². The molecule has 0 aliphatic heterocycles. The Hall–Kier alpha value is -2.47. The van der Waals surface area contributed by atoms with Gasteiger partial charge in [-0.05, 0) is 36.8 Å². The third-order valence-electron chi connectivity index (χ3n) is 2.95. The largest absolute Gasteiger partial charge is 0.335 e. The van der Waals surface area contributed by atoms with E-state index in [2.05, 4.69) is 15.4 Å². The Balaban J connectivity index is 2.12. The van der Waals surface area contributed by atoms with Crippen LogP contribution in [0.2, 0.25) is 0 Å². The molecular formula is C14H17N5O. The highest BCUT2D eigenvalue weighted by molar-refractivity contribution is 5.94. The number of anilines is 1. The van der Waals surface area contributed by atoms with E-state index in [-0.39, 0.29) is 5.91 Å². The molecule has 104 valence electrons. The number of rotatable bonds is 5. The van der Waals surface area contributed by atoms with Crippen LogP contribution in [0.5, 0.6) is 0 Å². The van der Waals surface area contributed by atoms with Crippen LogP contribution in [0.4, 0.5) is 5.82 Å². The fourth-order valence-corrected chi connectivity index (χ4v) is 1.82. The van der Waals surface area contributed by atoms with Gasteiger partial charge in [-0.15, -0.1) is 0 Å². The van der Waals surface area contributed by atoms with Crippen LogP contribution in [0.1, 0.15) is 22.8 Å². The van der Waals surface area contributed by atoms with E-state index < -0.39 is 0 Å². The van der Waals surface area contributed by atoms with E-state index in [1.165, 1.54) is 6.20 Å². The maximum absolute atomic E-state index is 12.4. The molecule has 0 unspecified atom stereocenters. The molecule has 0 aromatic carbocycles. The molecule has 2 aromatic rings. The van der Waals surface area contributed by atoms with Crippen molar-refractivity contribution in [1.29, 1.82) is 0 Å². The number of nitrogen functional groups attached to an aromatic ring is 1. The van der Waals surface area contributed by atoms with Crippen molar-refractivity contribution in [3.05, 3.63) is 54.0 Å². The lowest BCUT2D eigenvalue weighted by molar-refractivity contribution is 0.0752. The van der Waals surface area contributed by atoms with Crippen LogP contribution >= 0.6 is 0 Å². The van der Waals surface area contributed by atoms with Crippen molar-refractivity contribution in [3.8, 4) is 0 Å². The standard InChI is InChI=1S/C14H17N5O/c1-2-19(10-11-5-7-16-8-6-11)14(20)12-3-4-13(18-15)17-9-12/h3-9H,2,10,15H2,1H3,(H,17,18). The summed E-state index contributed by atoms with van der Waals surface area (Å²) in [6, 6.07) is 7.18. The number of nitrogens with two attached hydrogens (primary N) is 1. The van der Waals surface area contributed by atoms with E-state index in [1.807, 2.05) is 19.1 Å². The molecule has 20 heavy (non-hydrogen) atoms. The minimum atomic E-state index is -0.0552. The fourth-order valence-electron chi connectivity index (χ4n) is 1.82. The molecule has 0 bridgehead atoms. The molecule has 1 amide bonds.